The molecule has 3 aliphatic rings. The van der Waals surface area contributed by atoms with Crippen LogP contribution in [0.15, 0.2) is 18.2 Å². The Morgan fingerprint density at radius 1 is 0.786 bits per heavy atom. The number of hydrogen-bond acceptors (Lipinski definition) is 0. The van der Waals surface area contributed by atoms with Crippen LogP contribution < -0.4 is 0 Å². The maximum absolute atomic E-state index is 14.1. The van der Waals surface area contributed by atoms with E-state index in [-0.39, 0.29) is 5.41 Å². The SMILES string of the molecule is CCC1CCC(C2CCC(C3(c4ccc(F)c(F)c4)CCCCC3)CC2)CC1. The van der Waals surface area contributed by atoms with Gasteiger partial charge in [-0.05, 0) is 98.1 Å². The van der Waals surface area contributed by atoms with Crippen molar-refractivity contribution in [3.8, 4) is 0 Å². The van der Waals surface area contributed by atoms with Crippen molar-refractivity contribution in [3.63, 3.8) is 0 Å². The number of benzene rings is 1. The fourth-order valence-corrected chi connectivity index (χ4v) is 7.13. The van der Waals surface area contributed by atoms with Gasteiger partial charge in [-0.15, -0.1) is 0 Å². The van der Waals surface area contributed by atoms with Crippen LogP contribution in [0.4, 0.5) is 8.78 Å². The molecule has 3 fully saturated rings. The van der Waals surface area contributed by atoms with E-state index in [1.165, 1.54) is 89.2 Å². The summed E-state index contributed by atoms with van der Waals surface area (Å²) < 4.78 is 27.6. The van der Waals surface area contributed by atoms with Gasteiger partial charge < -0.3 is 0 Å². The van der Waals surface area contributed by atoms with Gasteiger partial charge in [-0.3, -0.25) is 0 Å². The maximum Gasteiger partial charge on any atom is 0.159 e. The standard InChI is InChI=1S/C26H38F2/c1-2-19-6-8-20(9-7-19)21-10-12-22(13-11-21)26(16-4-3-5-17-26)23-14-15-24(27)25(28)18-23/h14-15,18-22H,2-13,16-17H2,1H3. The molecule has 0 aromatic heterocycles. The monoisotopic (exact) mass is 388 g/mol. The molecule has 156 valence electrons. The van der Waals surface area contributed by atoms with Gasteiger partial charge in [-0.1, -0.05) is 51.5 Å². The normalized spacial score (nSPS) is 33.5. The van der Waals surface area contributed by atoms with E-state index in [2.05, 4.69) is 6.92 Å². The molecule has 0 N–H and O–H groups in total. The van der Waals surface area contributed by atoms with Crippen LogP contribution in [0.3, 0.4) is 0 Å². The van der Waals surface area contributed by atoms with Crippen molar-refractivity contribution in [2.24, 2.45) is 23.7 Å². The van der Waals surface area contributed by atoms with Gasteiger partial charge in [0.1, 0.15) is 0 Å². The zero-order valence-corrected chi connectivity index (χ0v) is 17.7. The summed E-state index contributed by atoms with van der Waals surface area (Å²) in [7, 11) is 0. The van der Waals surface area contributed by atoms with Gasteiger partial charge in [0.05, 0.1) is 0 Å². The van der Waals surface area contributed by atoms with Crippen molar-refractivity contribution < 1.29 is 8.78 Å². The Labute approximate surface area is 170 Å². The molecule has 4 rings (SSSR count). The van der Waals surface area contributed by atoms with Crippen LogP contribution in [0, 0.1) is 35.3 Å². The van der Waals surface area contributed by atoms with Crippen molar-refractivity contribution >= 4 is 0 Å². The molecule has 0 nitrogen and oxygen atoms in total. The van der Waals surface area contributed by atoms with Crippen LogP contribution in [-0.4, -0.2) is 0 Å². The molecule has 0 unspecified atom stereocenters. The summed E-state index contributed by atoms with van der Waals surface area (Å²) in [6.07, 6.45) is 18.5. The predicted molar refractivity (Wildman–Crippen MR) is 112 cm³/mol. The Bertz CT molecular complexity index is 630. The Kier molecular flexibility index (Phi) is 6.43. The number of rotatable bonds is 4. The van der Waals surface area contributed by atoms with Crippen LogP contribution in [0.1, 0.15) is 102 Å². The number of hydrogen-bond donors (Lipinski definition) is 0. The molecule has 0 amide bonds. The lowest BCUT2D eigenvalue weighted by molar-refractivity contribution is 0.0910. The van der Waals surface area contributed by atoms with E-state index in [1.54, 1.807) is 0 Å². The molecule has 0 heterocycles. The van der Waals surface area contributed by atoms with Gasteiger partial charge in [0.15, 0.2) is 11.6 Å². The molecular weight excluding hydrogens is 350 g/mol. The first kappa shape index (κ1) is 20.4. The first-order valence-electron chi connectivity index (χ1n) is 12.1. The van der Waals surface area contributed by atoms with E-state index < -0.39 is 11.6 Å². The highest BCUT2D eigenvalue weighted by atomic mass is 19.2. The summed E-state index contributed by atoms with van der Waals surface area (Å²) in [5, 5.41) is 0. The highest BCUT2D eigenvalue weighted by molar-refractivity contribution is 5.29. The molecule has 0 spiro atoms. The fraction of sp³-hybridized carbons (Fsp3) is 0.769. The second-order valence-electron chi connectivity index (χ2n) is 10.1. The molecule has 0 radical (unpaired) electrons. The largest absolute Gasteiger partial charge is 0.204 e. The van der Waals surface area contributed by atoms with Crippen LogP contribution in [-0.2, 0) is 5.41 Å². The third-order valence-corrected chi connectivity index (χ3v) is 8.93. The third kappa shape index (κ3) is 4.03. The topological polar surface area (TPSA) is 0 Å². The molecule has 1 aromatic rings. The van der Waals surface area contributed by atoms with Gasteiger partial charge >= 0.3 is 0 Å². The van der Waals surface area contributed by atoms with Crippen LogP contribution >= 0.6 is 0 Å². The van der Waals surface area contributed by atoms with Gasteiger partial charge in [0.2, 0.25) is 0 Å². The third-order valence-electron chi connectivity index (χ3n) is 8.93. The molecule has 0 atom stereocenters. The van der Waals surface area contributed by atoms with E-state index in [1.807, 2.05) is 6.07 Å². The Morgan fingerprint density at radius 2 is 1.39 bits per heavy atom. The average Bonchev–Trinajstić information content (AvgIpc) is 2.76. The van der Waals surface area contributed by atoms with Crippen molar-refractivity contribution in [3.05, 3.63) is 35.4 Å². The van der Waals surface area contributed by atoms with E-state index >= 15 is 0 Å². The average molecular weight is 389 g/mol. The van der Waals surface area contributed by atoms with Crippen LogP contribution in [0.2, 0.25) is 0 Å². The van der Waals surface area contributed by atoms with Crippen LogP contribution in [0.5, 0.6) is 0 Å². The van der Waals surface area contributed by atoms with Crippen LogP contribution in [0.25, 0.3) is 0 Å². The summed E-state index contributed by atoms with van der Waals surface area (Å²) in [5.41, 5.74) is 1.18. The molecule has 1 aromatic carbocycles. The molecule has 3 aliphatic carbocycles. The molecule has 0 aliphatic heterocycles. The van der Waals surface area contributed by atoms with Gasteiger partial charge in [-0.2, -0.15) is 0 Å². The molecule has 0 bridgehead atoms. The molecule has 3 saturated carbocycles. The minimum Gasteiger partial charge on any atom is -0.204 e. The first-order chi connectivity index (χ1) is 13.6. The zero-order chi connectivity index (χ0) is 19.6. The predicted octanol–water partition coefficient (Wildman–Crippen LogP) is 8.19. The number of halogens is 2. The second-order valence-corrected chi connectivity index (χ2v) is 10.1. The lowest BCUT2D eigenvalue weighted by Gasteiger charge is -2.48. The van der Waals surface area contributed by atoms with E-state index in [0.29, 0.717) is 5.92 Å². The molecule has 0 saturated heterocycles. The Balaban J connectivity index is 1.45. The smallest absolute Gasteiger partial charge is 0.159 e. The Hall–Kier alpha value is -0.920. The maximum atomic E-state index is 14.1. The zero-order valence-electron chi connectivity index (χ0n) is 17.7. The van der Waals surface area contributed by atoms with E-state index in [9.17, 15) is 8.78 Å². The molecule has 28 heavy (non-hydrogen) atoms. The minimum atomic E-state index is -0.707. The second kappa shape index (κ2) is 8.84. The lowest BCUT2D eigenvalue weighted by atomic mass is 9.56. The Morgan fingerprint density at radius 3 is 1.96 bits per heavy atom. The highest BCUT2D eigenvalue weighted by Gasteiger charge is 2.43. The summed E-state index contributed by atoms with van der Waals surface area (Å²) >= 11 is 0. The summed E-state index contributed by atoms with van der Waals surface area (Å²) in [6, 6.07) is 4.78. The molecular formula is C26H38F2. The van der Waals surface area contributed by atoms with Crippen molar-refractivity contribution in [2.45, 2.75) is 102 Å². The van der Waals surface area contributed by atoms with Gasteiger partial charge in [-0.25, -0.2) is 8.78 Å². The molecule has 2 heteroatoms. The summed E-state index contributed by atoms with van der Waals surface area (Å²) in [5.74, 6) is 2.13. The van der Waals surface area contributed by atoms with Gasteiger partial charge in [0.25, 0.3) is 0 Å². The minimum absolute atomic E-state index is 0.0949. The highest BCUT2D eigenvalue weighted by Crippen LogP contribution is 2.52. The van der Waals surface area contributed by atoms with E-state index in [4.69, 9.17) is 0 Å². The summed E-state index contributed by atoms with van der Waals surface area (Å²) in [6.45, 7) is 2.35. The summed E-state index contributed by atoms with van der Waals surface area (Å²) in [4.78, 5) is 0. The van der Waals surface area contributed by atoms with Crippen molar-refractivity contribution in [2.75, 3.05) is 0 Å². The van der Waals surface area contributed by atoms with E-state index in [0.717, 1.165) is 36.2 Å². The quantitative estimate of drug-likeness (QED) is 0.487. The van der Waals surface area contributed by atoms with Crippen molar-refractivity contribution in [1.29, 1.82) is 0 Å². The first-order valence-corrected chi connectivity index (χ1v) is 12.1. The fourth-order valence-electron chi connectivity index (χ4n) is 7.13. The lowest BCUT2D eigenvalue weighted by Crippen LogP contribution is -2.40. The van der Waals surface area contributed by atoms with Crippen molar-refractivity contribution in [1.82, 2.24) is 0 Å². The van der Waals surface area contributed by atoms with Gasteiger partial charge in [0, 0.05) is 0 Å².